The van der Waals surface area contributed by atoms with Crippen LogP contribution in [0.15, 0.2) is 16.6 Å². The highest BCUT2D eigenvalue weighted by Crippen LogP contribution is 2.29. The molecule has 0 bridgehead atoms. The summed E-state index contributed by atoms with van der Waals surface area (Å²) in [6.45, 7) is 10.8. The fraction of sp³-hybridized carbons (Fsp3) is 0.538. The molecular formula is C13H21BrO2Si. The van der Waals surface area contributed by atoms with Crippen LogP contribution in [0.5, 0.6) is 11.5 Å². The van der Waals surface area contributed by atoms with Crippen LogP contribution in [0.2, 0.25) is 13.1 Å². The quantitative estimate of drug-likeness (QED) is 0.796. The molecule has 2 nitrogen and oxygen atoms in total. The molecule has 0 saturated carbocycles. The zero-order valence-corrected chi connectivity index (χ0v) is 14.2. The second-order valence-corrected chi connectivity index (χ2v) is 9.04. The lowest BCUT2D eigenvalue weighted by atomic mass is 10.2. The maximum absolute atomic E-state index is 6.02. The van der Waals surface area contributed by atoms with E-state index in [1.165, 1.54) is 5.19 Å². The first kappa shape index (κ1) is 14.6. The highest BCUT2D eigenvalue weighted by Gasteiger charge is 2.20. The molecule has 4 heteroatoms. The molecule has 1 rings (SSSR count). The van der Waals surface area contributed by atoms with Crippen molar-refractivity contribution in [2.75, 3.05) is 7.11 Å². The van der Waals surface area contributed by atoms with E-state index in [9.17, 15) is 0 Å². The summed E-state index contributed by atoms with van der Waals surface area (Å²) >= 11 is 3.63. The minimum absolute atomic E-state index is 0.175. The summed E-state index contributed by atoms with van der Waals surface area (Å²) in [6.07, 6.45) is 0. The van der Waals surface area contributed by atoms with Gasteiger partial charge in [-0.3, -0.25) is 0 Å². The molecule has 0 heterocycles. The Hall–Kier alpha value is -0.483. The third-order valence-corrected chi connectivity index (χ3v) is 5.29. The summed E-state index contributed by atoms with van der Waals surface area (Å²) in [5.74, 6) is 1.86. The number of methoxy groups -OCH3 is 1. The molecule has 0 aliphatic heterocycles. The van der Waals surface area contributed by atoms with Crippen molar-refractivity contribution < 1.29 is 9.47 Å². The first-order chi connectivity index (χ1) is 7.76. The summed E-state index contributed by atoms with van der Waals surface area (Å²) in [7, 11) is 0.700. The van der Waals surface area contributed by atoms with Crippen LogP contribution in [0, 0.1) is 0 Å². The van der Waals surface area contributed by atoms with Crippen LogP contribution in [-0.2, 0) is 0 Å². The van der Waals surface area contributed by atoms with Crippen molar-refractivity contribution in [1.82, 2.24) is 0 Å². The van der Waals surface area contributed by atoms with Crippen molar-refractivity contribution in [3.63, 3.8) is 0 Å². The van der Waals surface area contributed by atoms with E-state index in [1.807, 2.05) is 12.1 Å². The SMILES string of the molecule is COc1ccc(OC(C)(C)C)c([SiH](C)C)c1Br. The molecule has 96 valence electrons. The number of rotatable bonds is 3. The van der Waals surface area contributed by atoms with Crippen LogP contribution in [0.1, 0.15) is 20.8 Å². The van der Waals surface area contributed by atoms with Crippen molar-refractivity contribution in [2.24, 2.45) is 0 Å². The lowest BCUT2D eigenvalue weighted by molar-refractivity contribution is 0.132. The van der Waals surface area contributed by atoms with E-state index >= 15 is 0 Å². The molecule has 0 saturated heterocycles. The number of halogens is 1. The van der Waals surface area contributed by atoms with Crippen LogP contribution in [-0.4, -0.2) is 21.5 Å². The number of benzene rings is 1. The normalized spacial score (nSPS) is 11.8. The first-order valence-electron chi connectivity index (χ1n) is 5.81. The predicted octanol–water partition coefficient (Wildman–Crippen LogP) is 3.33. The molecule has 0 amide bonds. The summed E-state index contributed by atoms with van der Waals surface area (Å²) in [5.41, 5.74) is -0.175. The van der Waals surface area contributed by atoms with Gasteiger partial charge in [-0.25, -0.2) is 0 Å². The summed E-state index contributed by atoms with van der Waals surface area (Å²) in [5, 5.41) is 1.29. The maximum Gasteiger partial charge on any atom is 0.133 e. The van der Waals surface area contributed by atoms with Crippen molar-refractivity contribution in [1.29, 1.82) is 0 Å². The monoisotopic (exact) mass is 316 g/mol. The number of ether oxygens (including phenoxy) is 2. The van der Waals surface area contributed by atoms with Crippen LogP contribution in [0.3, 0.4) is 0 Å². The Morgan fingerprint density at radius 1 is 1.12 bits per heavy atom. The third kappa shape index (κ3) is 3.74. The minimum Gasteiger partial charge on any atom is -0.496 e. The van der Waals surface area contributed by atoms with Crippen molar-refractivity contribution in [3.05, 3.63) is 16.6 Å². The van der Waals surface area contributed by atoms with E-state index in [-0.39, 0.29) is 5.60 Å². The van der Waals surface area contributed by atoms with E-state index in [1.54, 1.807) is 7.11 Å². The van der Waals surface area contributed by atoms with Gasteiger partial charge in [-0.1, -0.05) is 13.1 Å². The van der Waals surface area contributed by atoms with E-state index in [0.29, 0.717) is 0 Å². The highest BCUT2D eigenvalue weighted by molar-refractivity contribution is 9.10. The molecule has 1 aromatic rings. The van der Waals surface area contributed by atoms with E-state index in [4.69, 9.17) is 9.47 Å². The van der Waals surface area contributed by atoms with Gasteiger partial charge in [-0.05, 0) is 54.0 Å². The Kier molecular flexibility index (Phi) is 4.67. The molecule has 0 atom stereocenters. The van der Waals surface area contributed by atoms with Gasteiger partial charge in [0.05, 0.1) is 20.4 Å². The average molecular weight is 317 g/mol. The molecular weight excluding hydrogens is 296 g/mol. The van der Waals surface area contributed by atoms with Crippen molar-refractivity contribution in [2.45, 2.75) is 39.5 Å². The minimum atomic E-state index is -0.991. The van der Waals surface area contributed by atoms with Crippen molar-refractivity contribution in [3.8, 4) is 11.5 Å². The number of hydrogen-bond donors (Lipinski definition) is 0. The second kappa shape index (κ2) is 5.44. The van der Waals surface area contributed by atoms with Gasteiger partial charge >= 0.3 is 0 Å². The van der Waals surface area contributed by atoms with Crippen molar-refractivity contribution >= 4 is 29.9 Å². The lowest BCUT2D eigenvalue weighted by Gasteiger charge is -2.25. The smallest absolute Gasteiger partial charge is 0.133 e. The molecule has 0 N–H and O–H groups in total. The van der Waals surface area contributed by atoms with Gasteiger partial charge in [-0.15, -0.1) is 0 Å². The molecule has 0 aliphatic rings. The van der Waals surface area contributed by atoms with E-state index < -0.39 is 8.80 Å². The fourth-order valence-corrected chi connectivity index (χ4v) is 4.91. The predicted molar refractivity (Wildman–Crippen MR) is 79.6 cm³/mol. The molecule has 1 aromatic carbocycles. The Labute approximate surface area is 114 Å². The first-order valence-corrected chi connectivity index (χ1v) is 9.49. The Morgan fingerprint density at radius 2 is 1.65 bits per heavy atom. The highest BCUT2D eigenvalue weighted by atomic mass is 79.9. The molecule has 0 radical (unpaired) electrons. The van der Waals surface area contributed by atoms with Gasteiger partial charge in [0.2, 0.25) is 0 Å². The topological polar surface area (TPSA) is 18.5 Å². The van der Waals surface area contributed by atoms with Gasteiger partial charge in [0.15, 0.2) is 0 Å². The fourth-order valence-electron chi connectivity index (χ4n) is 1.67. The summed E-state index contributed by atoms with van der Waals surface area (Å²) < 4.78 is 12.4. The van der Waals surface area contributed by atoms with E-state index in [0.717, 1.165) is 16.0 Å². The largest absolute Gasteiger partial charge is 0.496 e. The van der Waals surface area contributed by atoms with Gasteiger partial charge < -0.3 is 9.47 Å². The second-order valence-electron chi connectivity index (χ2n) is 5.36. The van der Waals surface area contributed by atoms with Gasteiger partial charge in [0.25, 0.3) is 0 Å². The molecule has 0 aromatic heterocycles. The molecule has 0 fully saturated rings. The summed E-state index contributed by atoms with van der Waals surface area (Å²) in [4.78, 5) is 0. The summed E-state index contributed by atoms with van der Waals surface area (Å²) in [6, 6.07) is 3.96. The van der Waals surface area contributed by atoms with Gasteiger partial charge in [-0.2, -0.15) is 0 Å². The van der Waals surface area contributed by atoms with Gasteiger partial charge in [0, 0.05) is 0 Å². The maximum atomic E-state index is 6.02. The van der Waals surface area contributed by atoms with Gasteiger partial charge in [0.1, 0.15) is 17.1 Å². The van der Waals surface area contributed by atoms with E-state index in [2.05, 4.69) is 49.8 Å². The Balaban J connectivity index is 3.27. The average Bonchev–Trinajstić information content (AvgIpc) is 2.14. The van der Waals surface area contributed by atoms with Crippen LogP contribution in [0.4, 0.5) is 0 Å². The lowest BCUT2D eigenvalue weighted by Crippen LogP contribution is -2.32. The van der Waals surface area contributed by atoms with Crippen LogP contribution >= 0.6 is 15.9 Å². The zero-order valence-electron chi connectivity index (χ0n) is 11.4. The zero-order chi connectivity index (χ0) is 13.2. The Morgan fingerprint density at radius 3 is 2.06 bits per heavy atom. The Bertz CT molecular complexity index is 397. The standard InChI is InChI=1S/C13H21BrO2Si/c1-13(2,3)16-10-8-7-9(15-4)11(14)12(10)17(5)6/h7-8,17H,1-6H3. The number of hydrogen-bond acceptors (Lipinski definition) is 2. The molecule has 17 heavy (non-hydrogen) atoms. The molecule has 0 unspecified atom stereocenters. The molecule has 0 aliphatic carbocycles. The third-order valence-electron chi connectivity index (χ3n) is 2.32. The van der Waals surface area contributed by atoms with Crippen LogP contribution < -0.4 is 14.7 Å². The van der Waals surface area contributed by atoms with Crippen LogP contribution in [0.25, 0.3) is 0 Å². The molecule has 0 spiro atoms.